The predicted octanol–water partition coefficient (Wildman–Crippen LogP) is 1.62. The molecule has 1 aliphatic rings. The van der Waals surface area contributed by atoms with Crippen molar-refractivity contribution in [2.45, 2.75) is 25.9 Å². The van der Waals surface area contributed by atoms with E-state index in [1.807, 2.05) is 0 Å². The Balaban J connectivity index is 0.000000383. The first-order chi connectivity index (χ1) is 9.79. The van der Waals surface area contributed by atoms with Crippen molar-refractivity contribution in [3.63, 3.8) is 0 Å². The summed E-state index contributed by atoms with van der Waals surface area (Å²) in [5.74, 6) is 0.814. The summed E-state index contributed by atoms with van der Waals surface area (Å²) in [4.78, 5) is 2.56. The van der Waals surface area contributed by atoms with E-state index < -0.39 is 10.1 Å². The van der Waals surface area contributed by atoms with E-state index >= 15 is 0 Å². The van der Waals surface area contributed by atoms with Crippen LogP contribution >= 0.6 is 0 Å². The summed E-state index contributed by atoms with van der Waals surface area (Å²) < 4.78 is 25.9. The summed E-state index contributed by atoms with van der Waals surface area (Å²) in [7, 11) is -1.61. The van der Waals surface area contributed by atoms with Crippen LogP contribution in [0.2, 0.25) is 0 Å². The highest BCUT2D eigenvalue weighted by Crippen LogP contribution is 2.21. The van der Waals surface area contributed by atoms with E-state index in [1.54, 1.807) is 0 Å². The van der Waals surface area contributed by atoms with E-state index in [0.717, 1.165) is 12.5 Å². The summed E-state index contributed by atoms with van der Waals surface area (Å²) in [6.07, 6.45) is 2.04. The highest BCUT2D eigenvalue weighted by Gasteiger charge is 2.25. The molecular formula is C15H26N2O3S. The van der Waals surface area contributed by atoms with Crippen LogP contribution in [0.3, 0.4) is 0 Å². The van der Waals surface area contributed by atoms with Gasteiger partial charge in [-0.25, -0.2) is 0 Å². The Morgan fingerprint density at radius 1 is 1.38 bits per heavy atom. The molecule has 0 bridgehead atoms. The predicted molar refractivity (Wildman–Crippen MR) is 85.8 cm³/mol. The maximum atomic E-state index is 9.19. The van der Waals surface area contributed by atoms with Crippen LogP contribution in [-0.2, 0) is 16.7 Å². The molecule has 0 aliphatic carbocycles. The molecule has 120 valence electrons. The van der Waals surface area contributed by atoms with Gasteiger partial charge >= 0.3 is 0 Å². The van der Waals surface area contributed by atoms with Gasteiger partial charge in [0.25, 0.3) is 10.1 Å². The second-order valence-corrected chi connectivity index (χ2v) is 7.05. The number of nitrogens with zero attached hydrogens (tertiary/aromatic N) is 1. The first-order valence-electron chi connectivity index (χ1n) is 7.15. The van der Waals surface area contributed by atoms with Gasteiger partial charge in [-0.2, -0.15) is 8.42 Å². The molecule has 0 radical (unpaired) electrons. The summed E-state index contributed by atoms with van der Waals surface area (Å²) in [6, 6.07) is 11.4. The molecule has 2 unspecified atom stereocenters. The van der Waals surface area contributed by atoms with Gasteiger partial charge < -0.3 is 5.32 Å². The van der Waals surface area contributed by atoms with Crippen molar-refractivity contribution in [1.82, 2.24) is 10.2 Å². The largest absolute Gasteiger partial charge is 0.317 e. The molecular weight excluding hydrogens is 288 g/mol. The molecule has 1 fully saturated rings. The van der Waals surface area contributed by atoms with Crippen molar-refractivity contribution in [2.75, 3.05) is 26.4 Å². The zero-order valence-corrected chi connectivity index (χ0v) is 13.8. The smallest absolute Gasteiger partial charge is 0.261 e. The lowest BCUT2D eigenvalue weighted by molar-refractivity contribution is 0.301. The third-order valence-electron chi connectivity index (χ3n) is 3.72. The first-order valence-corrected chi connectivity index (χ1v) is 9.00. The van der Waals surface area contributed by atoms with Crippen molar-refractivity contribution in [2.24, 2.45) is 5.92 Å². The highest BCUT2D eigenvalue weighted by atomic mass is 32.2. The summed E-state index contributed by atoms with van der Waals surface area (Å²) >= 11 is 0. The SMILES string of the molecule is CNC(C)C1CCN(Cc2ccccc2)C1.CS(=O)(=O)O. The molecule has 1 saturated heterocycles. The summed E-state index contributed by atoms with van der Waals surface area (Å²) in [5, 5.41) is 3.36. The molecule has 0 spiro atoms. The van der Waals surface area contributed by atoms with Crippen molar-refractivity contribution in [1.29, 1.82) is 0 Å². The molecule has 2 atom stereocenters. The van der Waals surface area contributed by atoms with Crippen molar-refractivity contribution < 1.29 is 13.0 Å². The molecule has 2 rings (SSSR count). The molecule has 6 heteroatoms. The Kier molecular flexibility index (Phi) is 7.31. The molecule has 0 saturated carbocycles. The summed E-state index contributed by atoms with van der Waals surface area (Å²) in [5.41, 5.74) is 1.43. The van der Waals surface area contributed by atoms with E-state index in [1.165, 1.54) is 25.1 Å². The van der Waals surface area contributed by atoms with E-state index in [4.69, 9.17) is 4.55 Å². The van der Waals surface area contributed by atoms with Crippen LogP contribution in [0.1, 0.15) is 18.9 Å². The number of rotatable bonds is 4. The van der Waals surface area contributed by atoms with E-state index in [9.17, 15) is 8.42 Å². The van der Waals surface area contributed by atoms with Gasteiger partial charge in [-0.05, 0) is 38.4 Å². The molecule has 0 amide bonds. The molecule has 1 heterocycles. The number of hydrogen-bond acceptors (Lipinski definition) is 4. The van der Waals surface area contributed by atoms with Crippen molar-refractivity contribution in [3.05, 3.63) is 35.9 Å². The molecule has 0 aromatic heterocycles. The first kappa shape index (κ1) is 18.1. The maximum Gasteiger partial charge on any atom is 0.261 e. The van der Waals surface area contributed by atoms with Gasteiger partial charge in [0.05, 0.1) is 6.26 Å². The molecule has 1 aromatic rings. The van der Waals surface area contributed by atoms with Gasteiger partial charge in [-0.15, -0.1) is 0 Å². The average molecular weight is 314 g/mol. The Morgan fingerprint density at radius 3 is 2.48 bits per heavy atom. The Labute approximate surface area is 128 Å². The van der Waals surface area contributed by atoms with Crippen LogP contribution in [0.4, 0.5) is 0 Å². The number of nitrogens with one attached hydrogen (secondary N) is 1. The van der Waals surface area contributed by atoms with Gasteiger partial charge in [0, 0.05) is 19.1 Å². The third-order valence-corrected chi connectivity index (χ3v) is 3.72. The fourth-order valence-electron chi connectivity index (χ4n) is 2.49. The van der Waals surface area contributed by atoms with Crippen LogP contribution < -0.4 is 5.32 Å². The lowest BCUT2D eigenvalue weighted by Gasteiger charge is -2.20. The van der Waals surface area contributed by atoms with Gasteiger partial charge in [0.15, 0.2) is 0 Å². The minimum absolute atomic E-state index is 0.640. The quantitative estimate of drug-likeness (QED) is 0.827. The third kappa shape index (κ3) is 8.16. The minimum atomic E-state index is -3.67. The summed E-state index contributed by atoms with van der Waals surface area (Å²) in [6.45, 7) is 5.87. The Hall–Kier alpha value is -0.950. The minimum Gasteiger partial charge on any atom is -0.317 e. The Bertz CT molecular complexity index is 497. The molecule has 1 aliphatic heterocycles. The second-order valence-electron chi connectivity index (χ2n) is 5.58. The topological polar surface area (TPSA) is 69.6 Å². The maximum absolute atomic E-state index is 9.19. The van der Waals surface area contributed by atoms with Crippen molar-refractivity contribution >= 4 is 10.1 Å². The van der Waals surface area contributed by atoms with Gasteiger partial charge in [0.1, 0.15) is 0 Å². The zero-order chi connectivity index (χ0) is 15.9. The fraction of sp³-hybridized carbons (Fsp3) is 0.600. The normalized spacial score (nSPS) is 20.7. The van der Waals surface area contributed by atoms with E-state index in [-0.39, 0.29) is 0 Å². The highest BCUT2D eigenvalue weighted by molar-refractivity contribution is 7.85. The zero-order valence-electron chi connectivity index (χ0n) is 13.0. The molecule has 1 aromatic carbocycles. The van der Waals surface area contributed by atoms with Crippen LogP contribution in [0, 0.1) is 5.92 Å². The standard InChI is InChI=1S/C14H22N2.CH4O3S/c1-12(15-2)14-8-9-16(11-14)10-13-6-4-3-5-7-13;1-5(2,3)4/h3-7,12,14-15H,8-11H2,1-2H3;1H3,(H,2,3,4). The lowest BCUT2D eigenvalue weighted by Crippen LogP contribution is -2.32. The average Bonchev–Trinajstić information content (AvgIpc) is 2.85. The van der Waals surface area contributed by atoms with Crippen LogP contribution in [-0.4, -0.2) is 50.3 Å². The number of likely N-dealkylation sites (tertiary alicyclic amines) is 1. The molecule has 5 nitrogen and oxygen atoms in total. The van der Waals surface area contributed by atoms with Crippen LogP contribution in [0.25, 0.3) is 0 Å². The van der Waals surface area contributed by atoms with Gasteiger partial charge in [-0.1, -0.05) is 30.3 Å². The number of hydrogen-bond donors (Lipinski definition) is 2. The van der Waals surface area contributed by atoms with Gasteiger partial charge in [0.2, 0.25) is 0 Å². The van der Waals surface area contributed by atoms with Crippen LogP contribution in [0.5, 0.6) is 0 Å². The van der Waals surface area contributed by atoms with Crippen LogP contribution in [0.15, 0.2) is 30.3 Å². The molecule has 21 heavy (non-hydrogen) atoms. The lowest BCUT2D eigenvalue weighted by atomic mass is 10.0. The number of benzene rings is 1. The second kappa shape index (κ2) is 8.48. The molecule has 2 N–H and O–H groups in total. The van der Waals surface area contributed by atoms with Gasteiger partial charge in [-0.3, -0.25) is 9.45 Å². The fourth-order valence-corrected chi connectivity index (χ4v) is 2.49. The van der Waals surface area contributed by atoms with Crippen molar-refractivity contribution in [3.8, 4) is 0 Å². The van der Waals surface area contributed by atoms with E-state index in [0.29, 0.717) is 12.3 Å². The van der Waals surface area contributed by atoms with E-state index in [2.05, 4.69) is 54.5 Å². The Morgan fingerprint density at radius 2 is 1.95 bits per heavy atom. The monoisotopic (exact) mass is 314 g/mol.